The summed E-state index contributed by atoms with van der Waals surface area (Å²) in [7, 11) is -3.96. The van der Waals surface area contributed by atoms with Crippen LogP contribution in [0.2, 0.25) is 9.36 Å². The van der Waals surface area contributed by atoms with Gasteiger partial charge in [0.1, 0.15) is 11.0 Å². The third-order valence-corrected chi connectivity index (χ3v) is 9.33. The van der Waals surface area contributed by atoms with Gasteiger partial charge in [0.2, 0.25) is 5.91 Å². The number of carbonyl (C=O) groups excluding carboxylic acids is 2. The number of carbonyl (C=O) groups is 2. The summed E-state index contributed by atoms with van der Waals surface area (Å²) in [6.07, 6.45) is 1.90. The molecule has 0 saturated heterocycles. The van der Waals surface area contributed by atoms with Crippen LogP contribution in [0.1, 0.15) is 23.0 Å². The van der Waals surface area contributed by atoms with Crippen LogP contribution in [-0.4, -0.2) is 36.8 Å². The predicted octanol–water partition coefficient (Wildman–Crippen LogP) is 5.93. The first-order valence-electron chi connectivity index (χ1n) is 9.84. The first kappa shape index (κ1) is 26.4. The number of phenolic OH excluding ortho intramolecular Hbond substituents is 1. The molecule has 7 nitrogen and oxygen atoms in total. The van der Waals surface area contributed by atoms with Crippen LogP contribution in [0, 0.1) is 0 Å². The molecular formula is C22H20Cl2N2O5S3. The highest BCUT2D eigenvalue weighted by atomic mass is 35.5. The third-order valence-electron chi connectivity index (χ3n) is 4.81. The summed E-state index contributed by atoms with van der Waals surface area (Å²) in [4.78, 5) is 26.5. The number of benzene rings is 2. The Kier molecular flexibility index (Phi) is 8.53. The molecule has 1 unspecified atom stereocenters. The van der Waals surface area contributed by atoms with Gasteiger partial charge in [-0.25, -0.2) is 8.42 Å². The third kappa shape index (κ3) is 5.87. The summed E-state index contributed by atoms with van der Waals surface area (Å²) in [6.45, 7) is 1.59. The van der Waals surface area contributed by atoms with Crippen molar-refractivity contribution in [1.29, 1.82) is 0 Å². The van der Waals surface area contributed by atoms with Crippen LogP contribution < -0.4 is 10.6 Å². The molecule has 3 N–H and O–H groups in total. The molecule has 3 aromatic rings. The Morgan fingerprint density at radius 3 is 2.29 bits per heavy atom. The van der Waals surface area contributed by atoms with Crippen LogP contribution in [0.3, 0.4) is 0 Å². The van der Waals surface area contributed by atoms with Crippen molar-refractivity contribution in [2.45, 2.75) is 28.4 Å². The van der Waals surface area contributed by atoms with Gasteiger partial charge in [0.05, 0.1) is 30.5 Å². The molecule has 0 aliphatic rings. The number of hydrogen-bond donors (Lipinski definition) is 3. The highest BCUT2D eigenvalue weighted by molar-refractivity contribution is 7.98. The van der Waals surface area contributed by atoms with Gasteiger partial charge in [0.15, 0.2) is 9.84 Å². The summed E-state index contributed by atoms with van der Waals surface area (Å²) in [6, 6.07) is 11.8. The number of thiophene rings is 1. The monoisotopic (exact) mass is 558 g/mol. The molecule has 1 atom stereocenters. The Labute approximate surface area is 215 Å². The van der Waals surface area contributed by atoms with Crippen LogP contribution >= 0.6 is 46.3 Å². The first-order chi connectivity index (χ1) is 16.1. The van der Waals surface area contributed by atoms with E-state index >= 15 is 0 Å². The summed E-state index contributed by atoms with van der Waals surface area (Å²) in [5.74, 6) is -1.65. The lowest BCUT2D eigenvalue weighted by atomic mass is 10.2. The predicted molar refractivity (Wildman–Crippen MR) is 139 cm³/mol. The van der Waals surface area contributed by atoms with Crippen molar-refractivity contribution in [2.24, 2.45) is 0 Å². The molecule has 2 amide bonds. The zero-order valence-electron chi connectivity index (χ0n) is 18.0. The number of rotatable bonds is 8. The molecule has 1 aromatic heterocycles. The van der Waals surface area contributed by atoms with Crippen LogP contribution in [0.15, 0.2) is 58.3 Å². The zero-order valence-corrected chi connectivity index (χ0v) is 21.9. The molecule has 180 valence electrons. The summed E-state index contributed by atoms with van der Waals surface area (Å²) < 4.78 is 26.5. The Morgan fingerprint density at radius 1 is 1.06 bits per heavy atom. The Bertz CT molecular complexity index is 1320. The lowest BCUT2D eigenvalue weighted by Gasteiger charge is -2.17. The molecule has 0 radical (unpaired) electrons. The standard InChI is InChI=1S/C22H20Cl2N2O5S3/c1-3-19(34(30,31)13-6-4-12(32-2)5-7-13)22(29)25-15-11-17(27)16(10-14(15)23)26-21(28)18-8-9-20(24)33-18/h4-11,19,27H,3H2,1-2H3,(H,25,29)(H,26,28). The second-order valence-electron chi connectivity index (χ2n) is 7.01. The number of amides is 2. The topological polar surface area (TPSA) is 113 Å². The molecular weight excluding hydrogens is 539 g/mol. The minimum atomic E-state index is -3.96. The van der Waals surface area contributed by atoms with Crippen LogP contribution in [0.4, 0.5) is 11.4 Å². The maximum atomic E-state index is 13.1. The van der Waals surface area contributed by atoms with Gasteiger partial charge in [0, 0.05) is 11.0 Å². The lowest BCUT2D eigenvalue weighted by Crippen LogP contribution is -2.34. The van der Waals surface area contributed by atoms with Crippen molar-refractivity contribution >= 4 is 79.3 Å². The molecule has 2 aromatic carbocycles. The van der Waals surface area contributed by atoms with Crippen LogP contribution in [0.5, 0.6) is 5.75 Å². The lowest BCUT2D eigenvalue weighted by molar-refractivity contribution is -0.115. The van der Waals surface area contributed by atoms with Crippen molar-refractivity contribution in [3.05, 3.63) is 62.8 Å². The SMILES string of the molecule is CCC(C(=O)Nc1cc(O)c(NC(=O)c2ccc(Cl)s2)cc1Cl)S(=O)(=O)c1ccc(SC)cc1. The van der Waals surface area contributed by atoms with Gasteiger partial charge in [-0.3, -0.25) is 9.59 Å². The highest BCUT2D eigenvalue weighted by Crippen LogP contribution is 2.35. The highest BCUT2D eigenvalue weighted by Gasteiger charge is 2.33. The number of nitrogens with one attached hydrogen (secondary N) is 2. The average molecular weight is 560 g/mol. The molecule has 0 aliphatic carbocycles. The van der Waals surface area contributed by atoms with Gasteiger partial charge in [0.25, 0.3) is 5.91 Å². The van der Waals surface area contributed by atoms with E-state index in [0.717, 1.165) is 22.3 Å². The van der Waals surface area contributed by atoms with Gasteiger partial charge >= 0.3 is 0 Å². The summed E-state index contributed by atoms with van der Waals surface area (Å²) >= 11 is 14.6. The minimum Gasteiger partial charge on any atom is -0.506 e. The van der Waals surface area contributed by atoms with Gasteiger partial charge in [-0.15, -0.1) is 23.1 Å². The van der Waals surface area contributed by atoms with E-state index in [4.69, 9.17) is 23.2 Å². The van der Waals surface area contributed by atoms with Crippen molar-refractivity contribution in [3.8, 4) is 5.75 Å². The number of halogens is 2. The smallest absolute Gasteiger partial charge is 0.265 e. The maximum absolute atomic E-state index is 13.1. The van der Waals surface area contributed by atoms with Crippen molar-refractivity contribution in [1.82, 2.24) is 0 Å². The molecule has 12 heteroatoms. The summed E-state index contributed by atoms with van der Waals surface area (Å²) in [5, 5.41) is 14.0. The fourth-order valence-corrected chi connectivity index (χ4v) is 6.25. The van der Waals surface area contributed by atoms with E-state index in [0.29, 0.717) is 9.21 Å². The molecule has 0 fully saturated rings. The Balaban J connectivity index is 1.79. The number of phenols is 1. The molecule has 3 rings (SSSR count). The van der Waals surface area contributed by atoms with Gasteiger partial charge in [-0.1, -0.05) is 30.1 Å². The molecule has 34 heavy (non-hydrogen) atoms. The number of thioether (sulfide) groups is 1. The number of aromatic hydroxyl groups is 1. The summed E-state index contributed by atoms with van der Waals surface area (Å²) in [5.41, 5.74) is 0.0267. The normalized spacial score (nSPS) is 12.2. The molecule has 0 aliphatic heterocycles. The maximum Gasteiger partial charge on any atom is 0.265 e. The molecule has 0 saturated carbocycles. The average Bonchev–Trinajstić information content (AvgIpc) is 3.24. The Hall–Kier alpha value is -2.24. The van der Waals surface area contributed by atoms with E-state index in [9.17, 15) is 23.1 Å². The number of hydrogen-bond acceptors (Lipinski definition) is 7. The Morgan fingerprint density at radius 2 is 1.74 bits per heavy atom. The van der Waals surface area contributed by atoms with Crippen molar-refractivity contribution in [2.75, 3.05) is 16.9 Å². The zero-order chi connectivity index (χ0) is 25.0. The van der Waals surface area contributed by atoms with E-state index in [-0.39, 0.29) is 33.5 Å². The minimum absolute atomic E-state index is 0.00207. The number of sulfone groups is 1. The van der Waals surface area contributed by atoms with Gasteiger partial charge in [-0.2, -0.15) is 0 Å². The van der Waals surface area contributed by atoms with E-state index in [1.165, 1.54) is 36.0 Å². The van der Waals surface area contributed by atoms with Crippen LogP contribution in [0.25, 0.3) is 0 Å². The van der Waals surface area contributed by atoms with E-state index in [1.807, 2.05) is 6.26 Å². The largest absolute Gasteiger partial charge is 0.506 e. The fraction of sp³-hybridized carbons (Fsp3) is 0.182. The van der Waals surface area contributed by atoms with E-state index in [2.05, 4.69) is 10.6 Å². The molecule has 0 bridgehead atoms. The quantitative estimate of drug-likeness (QED) is 0.233. The fourth-order valence-electron chi connectivity index (χ4n) is 3.07. The van der Waals surface area contributed by atoms with E-state index in [1.54, 1.807) is 25.1 Å². The van der Waals surface area contributed by atoms with Crippen molar-refractivity contribution < 1.29 is 23.1 Å². The molecule has 1 heterocycles. The van der Waals surface area contributed by atoms with Gasteiger partial charge < -0.3 is 15.7 Å². The first-order valence-corrected chi connectivity index (χ1v) is 14.2. The number of anilines is 2. The molecule has 0 spiro atoms. The van der Waals surface area contributed by atoms with Gasteiger partial charge in [-0.05, 0) is 55.1 Å². The van der Waals surface area contributed by atoms with E-state index < -0.39 is 26.9 Å². The van der Waals surface area contributed by atoms with Crippen molar-refractivity contribution in [3.63, 3.8) is 0 Å². The second kappa shape index (κ2) is 11.0. The van der Waals surface area contributed by atoms with Crippen LogP contribution in [-0.2, 0) is 14.6 Å². The second-order valence-corrected chi connectivity index (χ2v) is 12.1.